The van der Waals surface area contributed by atoms with Gasteiger partial charge in [0.25, 0.3) is 0 Å². The summed E-state index contributed by atoms with van der Waals surface area (Å²) in [4.78, 5) is 10.1. The summed E-state index contributed by atoms with van der Waals surface area (Å²) in [5.74, 6) is 0.627. The molecule has 4 aromatic heterocycles. The van der Waals surface area contributed by atoms with Gasteiger partial charge in [-0.25, -0.2) is 4.98 Å². The second-order valence-electron chi connectivity index (χ2n) is 15.4. The molecule has 12 rings (SSSR count). The normalized spacial score (nSPS) is 11.6. The highest BCUT2D eigenvalue weighted by Gasteiger charge is 2.19. The summed E-state index contributed by atoms with van der Waals surface area (Å²) in [6.45, 7) is 5.42. The van der Waals surface area contributed by atoms with Crippen LogP contribution in [0, 0.1) is 0 Å². The molecule has 0 amide bonds. The van der Waals surface area contributed by atoms with Gasteiger partial charge in [0.15, 0.2) is 5.82 Å². The SMILES string of the molecule is C=C/C=C\C.c1ccc(-c2nc(-c3ccc(-n4c5ccccc5c5cc(-c6ccc7c(c6)c6ccccc6n7-c6ccccc6)ccc54)cc3)nc3oc4ccccc4c23)cc1. The van der Waals surface area contributed by atoms with Gasteiger partial charge in [-0.3, -0.25) is 0 Å². The number of hydrogen-bond acceptors (Lipinski definition) is 3. The number of allylic oxidation sites excluding steroid dienone is 3. The largest absolute Gasteiger partial charge is 0.438 e. The van der Waals surface area contributed by atoms with Gasteiger partial charge in [-0.15, -0.1) is 0 Å². The Balaban J connectivity index is 0.000000820. The van der Waals surface area contributed by atoms with Gasteiger partial charge in [0, 0.05) is 49.4 Å². The average Bonchev–Trinajstić information content (AvgIpc) is 3.99. The minimum atomic E-state index is 0.587. The minimum Gasteiger partial charge on any atom is -0.438 e. The standard InChI is InChI=1S/C52H32N4O.C5H8/c1-3-13-33(14-4-1)50-49-41-19-9-12-22-48(41)57-52(49)54-51(53-50)34-23-27-38(28-24-34)56-45-21-11-8-18-40(45)43-32-36(26-30-47(43)56)35-25-29-46-42(31-35)39-17-7-10-20-44(39)55(46)37-15-5-2-6-16-37;1-3-5-4-2/h1-32H;3-5H,1H2,2H3/b;5-4-. The smallest absolute Gasteiger partial charge is 0.231 e. The van der Waals surface area contributed by atoms with Crippen molar-refractivity contribution in [2.75, 3.05) is 0 Å². The molecule has 0 aliphatic carbocycles. The van der Waals surface area contributed by atoms with Gasteiger partial charge in [0.1, 0.15) is 5.58 Å². The summed E-state index contributed by atoms with van der Waals surface area (Å²) in [5.41, 5.74) is 13.5. The Morgan fingerprint density at radius 3 is 1.53 bits per heavy atom. The Hall–Kier alpha value is -8.28. The van der Waals surface area contributed by atoms with E-state index in [2.05, 4.69) is 173 Å². The molecule has 5 heteroatoms. The lowest BCUT2D eigenvalue weighted by molar-refractivity contribution is 0.653. The number of furan rings is 1. The highest BCUT2D eigenvalue weighted by molar-refractivity contribution is 6.13. The summed E-state index contributed by atoms with van der Waals surface area (Å²) in [7, 11) is 0. The molecule has 0 spiro atoms. The van der Waals surface area contributed by atoms with Crippen LogP contribution in [0.4, 0.5) is 0 Å². The average molecular weight is 797 g/mol. The van der Waals surface area contributed by atoms with Crippen molar-refractivity contribution in [1.29, 1.82) is 0 Å². The molecule has 62 heavy (non-hydrogen) atoms. The Kier molecular flexibility index (Phi) is 9.13. The van der Waals surface area contributed by atoms with Crippen LogP contribution in [0.25, 0.3) is 111 Å². The van der Waals surface area contributed by atoms with E-state index in [1.54, 1.807) is 6.08 Å². The number of nitrogens with zero attached hydrogens (tertiary/aromatic N) is 4. The van der Waals surface area contributed by atoms with Crippen molar-refractivity contribution in [2.45, 2.75) is 6.92 Å². The second kappa shape index (κ2) is 15.4. The third-order valence-corrected chi connectivity index (χ3v) is 11.7. The molecular weight excluding hydrogens is 757 g/mol. The first-order valence-corrected chi connectivity index (χ1v) is 20.9. The third-order valence-electron chi connectivity index (χ3n) is 11.7. The number of fused-ring (bicyclic) bond motifs is 9. The molecule has 5 nitrogen and oxygen atoms in total. The first-order valence-electron chi connectivity index (χ1n) is 20.9. The minimum absolute atomic E-state index is 0.587. The maximum Gasteiger partial charge on any atom is 0.231 e. The molecule has 0 saturated carbocycles. The topological polar surface area (TPSA) is 48.8 Å². The van der Waals surface area contributed by atoms with Gasteiger partial charge in [-0.1, -0.05) is 140 Å². The molecule has 0 aliphatic heterocycles. The molecule has 4 heterocycles. The van der Waals surface area contributed by atoms with Crippen molar-refractivity contribution in [3.8, 4) is 45.1 Å². The monoisotopic (exact) mass is 796 g/mol. The van der Waals surface area contributed by atoms with Gasteiger partial charge >= 0.3 is 0 Å². The maximum atomic E-state index is 6.30. The predicted molar refractivity (Wildman–Crippen MR) is 259 cm³/mol. The molecule has 0 aliphatic rings. The molecule has 294 valence electrons. The molecule has 0 N–H and O–H groups in total. The molecule has 12 aromatic rings. The molecule has 0 unspecified atom stereocenters. The molecule has 0 radical (unpaired) electrons. The van der Waals surface area contributed by atoms with E-state index >= 15 is 0 Å². The van der Waals surface area contributed by atoms with Crippen molar-refractivity contribution in [3.63, 3.8) is 0 Å². The van der Waals surface area contributed by atoms with Crippen molar-refractivity contribution < 1.29 is 4.42 Å². The van der Waals surface area contributed by atoms with Crippen molar-refractivity contribution in [2.24, 2.45) is 0 Å². The molecular formula is C57H40N4O. The number of para-hydroxylation sites is 4. The summed E-state index contributed by atoms with van der Waals surface area (Å²) < 4.78 is 11.0. The van der Waals surface area contributed by atoms with Crippen LogP contribution in [0.2, 0.25) is 0 Å². The van der Waals surface area contributed by atoms with Crippen LogP contribution in [-0.2, 0) is 0 Å². The van der Waals surface area contributed by atoms with Crippen molar-refractivity contribution >= 4 is 65.7 Å². The maximum absolute atomic E-state index is 6.30. The fraction of sp³-hybridized carbons (Fsp3) is 0.0175. The predicted octanol–water partition coefficient (Wildman–Crippen LogP) is 15.3. The van der Waals surface area contributed by atoms with Crippen LogP contribution in [0.3, 0.4) is 0 Å². The summed E-state index contributed by atoms with van der Waals surface area (Å²) in [6, 6.07) is 68.7. The molecule has 0 fully saturated rings. The van der Waals surface area contributed by atoms with E-state index in [0.717, 1.165) is 55.6 Å². The van der Waals surface area contributed by atoms with E-state index < -0.39 is 0 Å². The number of benzene rings is 8. The van der Waals surface area contributed by atoms with E-state index in [4.69, 9.17) is 14.4 Å². The van der Waals surface area contributed by atoms with Crippen LogP contribution in [0.15, 0.2) is 223 Å². The van der Waals surface area contributed by atoms with E-state index in [0.29, 0.717) is 11.5 Å². The Morgan fingerprint density at radius 1 is 0.452 bits per heavy atom. The van der Waals surface area contributed by atoms with Crippen molar-refractivity contribution in [3.05, 3.63) is 219 Å². The molecule has 0 atom stereocenters. The zero-order valence-corrected chi connectivity index (χ0v) is 34.1. The Morgan fingerprint density at radius 2 is 0.952 bits per heavy atom. The van der Waals surface area contributed by atoms with Crippen LogP contribution >= 0.6 is 0 Å². The number of hydrogen-bond donors (Lipinski definition) is 0. The van der Waals surface area contributed by atoms with Gasteiger partial charge in [-0.05, 0) is 96.9 Å². The van der Waals surface area contributed by atoms with Gasteiger partial charge < -0.3 is 13.6 Å². The highest BCUT2D eigenvalue weighted by Crippen LogP contribution is 2.40. The van der Waals surface area contributed by atoms with Crippen LogP contribution in [0.1, 0.15) is 6.92 Å². The van der Waals surface area contributed by atoms with Crippen LogP contribution in [-0.4, -0.2) is 19.1 Å². The van der Waals surface area contributed by atoms with Crippen LogP contribution < -0.4 is 0 Å². The fourth-order valence-electron chi connectivity index (χ4n) is 8.89. The zero-order valence-electron chi connectivity index (χ0n) is 34.1. The Labute approximate surface area is 358 Å². The summed E-state index contributed by atoms with van der Waals surface area (Å²) in [6.07, 6.45) is 5.58. The lowest BCUT2D eigenvalue weighted by Gasteiger charge is -2.10. The van der Waals surface area contributed by atoms with E-state index in [1.807, 2.05) is 55.5 Å². The van der Waals surface area contributed by atoms with E-state index in [-0.39, 0.29) is 0 Å². The highest BCUT2D eigenvalue weighted by atomic mass is 16.3. The first-order chi connectivity index (χ1) is 30.7. The summed E-state index contributed by atoms with van der Waals surface area (Å²) >= 11 is 0. The molecule has 0 saturated heterocycles. The lowest BCUT2D eigenvalue weighted by atomic mass is 10.0. The first kappa shape index (κ1) is 36.8. The fourth-order valence-corrected chi connectivity index (χ4v) is 8.89. The van der Waals surface area contributed by atoms with Gasteiger partial charge in [0.2, 0.25) is 5.71 Å². The Bertz CT molecular complexity index is 3650. The molecule has 8 aromatic carbocycles. The van der Waals surface area contributed by atoms with Gasteiger partial charge in [0.05, 0.1) is 33.1 Å². The quantitative estimate of drug-likeness (QED) is 0.158. The zero-order chi connectivity index (χ0) is 41.6. The van der Waals surface area contributed by atoms with Crippen molar-refractivity contribution in [1.82, 2.24) is 19.1 Å². The van der Waals surface area contributed by atoms with Crippen LogP contribution in [0.5, 0.6) is 0 Å². The van der Waals surface area contributed by atoms with Gasteiger partial charge in [-0.2, -0.15) is 4.98 Å². The van der Waals surface area contributed by atoms with E-state index in [1.165, 1.54) is 43.7 Å². The third kappa shape index (κ3) is 6.18. The number of aromatic nitrogens is 4. The molecule has 0 bridgehead atoms. The lowest BCUT2D eigenvalue weighted by Crippen LogP contribution is -1.96. The second-order valence-corrected chi connectivity index (χ2v) is 15.4. The number of rotatable bonds is 6. The summed E-state index contributed by atoms with van der Waals surface area (Å²) in [5, 5.41) is 6.86. The van der Waals surface area contributed by atoms with E-state index in [9.17, 15) is 0 Å².